The van der Waals surface area contributed by atoms with Gasteiger partial charge in [-0.3, -0.25) is 9.48 Å². The van der Waals surface area contributed by atoms with Gasteiger partial charge in [0.2, 0.25) is 0 Å². The lowest BCUT2D eigenvalue weighted by Gasteiger charge is -2.11. The van der Waals surface area contributed by atoms with E-state index >= 15 is 0 Å². The van der Waals surface area contributed by atoms with Crippen LogP contribution in [0.2, 0.25) is 0 Å². The number of thioether (sulfide) groups is 1. The Labute approximate surface area is 137 Å². The molecule has 118 valence electrons. The molecule has 1 N–H and O–H groups in total. The topological polar surface area (TPSA) is 72.7 Å². The SMILES string of the molecule is Cc1nnc(SCCNC(=O)c2c3c(nn2C)CCCC3)s1. The van der Waals surface area contributed by atoms with Gasteiger partial charge >= 0.3 is 0 Å². The molecule has 22 heavy (non-hydrogen) atoms. The van der Waals surface area contributed by atoms with Crippen LogP contribution >= 0.6 is 23.1 Å². The Kier molecular flexibility index (Phi) is 4.77. The van der Waals surface area contributed by atoms with Crippen LogP contribution in [0, 0.1) is 6.92 Å². The summed E-state index contributed by atoms with van der Waals surface area (Å²) in [5.41, 5.74) is 2.96. The number of hydrogen-bond acceptors (Lipinski definition) is 6. The smallest absolute Gasteiger partial charge is 0.269 e. The number of rotatable bonds is 5. The summed E-state index contributed by atoms with van der Waals surface area (Å²) in [5.74, 6) is 0.771. The van der Waals surface area contributed by atoms with E-state index in [1.807, 2.05) is 14.0 Å². The third-order valence-electron chi connectivity index (χ3n) is 3.65. The van der Waals surface area contributed by atoms with Crippen LogP contribution in [0.1, 0.15) is 39.6 Å². The maximum Gasteiger partial charge on any atom is 0.269 e. The molecule has 0 aromatic carbocycles. The normalized spacial score (nSPS) is 13.9. The Morgan fingerprint density at radius 1 is 1.36 bits per heavy atom. The molecule has 0 bridgehead atoms. The minimum Gasteiger partial charge on any atom is -0.350 e. The third kappa shape index (κ3) is 3.33. The fourth-order valence-electron chi connectivity index (χ4n) is 2.69. The van der Waals surface area contributed by atoms with Gasteiger partial charge in [-0.05, 0) is 32.6 Å². The largest absolute Gasteiger partial charge is 0.350 e. The molecule has 2 heterocycles. The number of nitrogens with zero attached hydrogens (tertiary/aromatic N) is 4. The van der Waals surface area contributed by atoms with E-state index in [4.69, 9.17) is 0 Å². The Bertz CT molecular complexity index is 679. The minimum atomic E-state index is -0.0211. The van der Waals surface area contributed by atoms with Gasteiger partial charge in [-0.2, -0.15) is 5.10 Å². The maximum absolute atomic E-state index is 12.4. The molecule has 0 fully saturated rings. The van der Waals surface area contributed by atoms with E-state index < -0.39 is 0 Å². The van der Waals surface area contributed by atoms with Crippen molar-refractivity contribution in [1.82, 2.24) is 25.3 Å². The summed E-state index contributed by atoms with van der Waals surface area (Å²) in [5, 5.41) is 16.5. The van der Waals surface area contributed by atoms with E-state index in [2.05, 4.69) is 20.6 Å². The van der Waals surface area contributed by atoms with Gasteiger partial charge in [0, 0.05) is 24.9 Å². The lowest BCUT2D eigenvalue weighted by atomic mass is 9.96. The number of amides is 1. The molecule has 0 saturated carbocycles. The first-order chi connectivity index (χ1) is 10.6. The van der Waals surface area contributed by atoms with Crippen molar-refractivity contribution in [2.45, 2.75) is 36.9 Å². The Morgan fingerprint density at radius 2 is 2.18 bits per heavy atom. The van der Waals surface area contributed by atoms with Crippen LogP contribution in [0.25, 0.3) is 0 Å². The van der Waals surface area contributed by atoms with Crippen molar-refractivity contribution in [3.8, 4) is 0 Å². The predicted molar refractivity (Wildman–Crippen MR) is 87.6 cm³/mol. The molecule has 0 atom stereocenters. The van der Waals surface area contributed by atoms with Gasteiger partial charge in [-0.25, -0.2) is 0 Å². The van der Waals surface area contributed by atoms with E-state index in [-0.39, 0.29) is 5.91 Å². The van der Waals surface area contributed by atoms with Crippen LogP contribution in [-0.2, 0) is 19.9 Å². The maximum atomic E-state index is 12.4. The molecule has 2 aromatic heterocycles. The molecule has 6 nitrogen and oxygen atoms in total. The highest BCUT2D eigenvalue weighted by Gasteiger charge is 2.23. The molecule has 0 aliphatic heterocycles. The first-order valence-electron chi connectivity index (χ1n) is 7.41. The summed E-state index contributed by atoms with van der Waals surface area (Å²) >= 11 is 3.20. The second kappa shape index (κ2) is 6.78. The van der Waals surface area contributed by atoms with Crippen molar-refractivity contribution in [2.24, 2.45) is 7.05 Å². The Morgan fingerprint density at radius 3 is 2.95 bits per heavy atom. The summed E-state index contributed by atoms with van der Waals surface area (Å²) in [6, 6.07) is 0. The van der Waals surface area contributed by atoms with Crippen molar-refractivity contribution >= 4 is 29.0 Å². The molecule has 0 spiro atoms. The van der Waals surface area contributed by atoms with Crippen LogP contribution in [-0.4, -0.2) is 38.2 Å². The zero-order chi connectivity index (χ0) is 15.5. The van der Waals surface area contributed by atoms with Crippen molar-refractivity contribution in [1.29, 1.82) is 0 Å². The summed E-state index contributed by atoms with van der Waals surface area (Å²) in [6.07, 6.45) is 4.27. The standard InChI is InChI=1S/C14H19N5OS2/c1-9-16-17-14(22-9)21-8-7-15-13(20)12-10-5-3-4-6-11(10)18-19(12)2/h3-8H2,1-2H3,(H,15,20). The summed E-state index contributed by atoms with van der Waals surface area (Å²) < 4.78 is 2.68. The van der Waals surface area contributed by atoms with Crippen molar-refractivity contribution in [2.75, 3.05) is 12.3 Å². The monoisotopic (exact) mass is 337 g/mol. The fraction of sp³-hybridized carbons (Fsp3) is 0.571. The zero-order valence-electron chi connectivity index (χ0n) is 12.8. The molecular formula is C14H19N5OS2. The quantitative estimate of drug-likeness (QED) is 0.667. The molecule has 8 heteroatoms. The summed E-state index contributed by atoms with van der Waals surface area (Å²) in [6.45, 7) is 2.55. The van der Waals surface area contributed by atoms with Crippen LogP contribution in [0.3, 0.4) is 0 Å². The second-order valence-corrected chi connectivity index (χ2v) is 7.82. The van der Waals surface area contributed by atoms with Crippen molar-refractivity contribution in [3.05, 3.63) is 22.0 Å². The zero-order valence-corrected chi connectivity index (χ0v) is 14.4. The average Bonchev–Trinajstić information content (AvgIpc) is 3.05. The summed E-state index contributed by atoms with van der Waals surface area (Å²) in [7, 11) is 1.85. The number of aromatic nitrogens is 4. The average molecular weight is 337 g/mol. The van der Waals surface area contributed by atoms with Gasteiger partial charge in [0.05, 0.1) is 5.69 Å². The van der Waals surface area contributed by atoms with Gasteiger partial charge in [0.15, 0.2) is 4.34 Å². The van der Waals surface area contributed by atoms with E-state index in [9.17, 15) is 4.79 Å². The van der Waals surface area contributed by atoms with E-state index in [1.54, 1.807) is 27.8 Å². The van der Waals surface area contributed by atoms with Crippen molar-refractivity contribution < 1.29 is 4.79 Å². The number of hydrogen-bond donors (Lipinski definition) is 1. The van der Waals surface area contributed by atoms with Crippen LogP contribution in [0.5, 0.6) is 0 Å². The molecule has 1 amide bonds. The number of nitrogens with one attached hydrogen (secondary N) is 1. The number of aryl methyl sites for hydroxylation is 3. The fourth-order valence-corrected chi connectivity index (χ4v) is 4.43. The first kappa shape index (κ1) is 15.5. The molecule has 0 saturated heterocycles. The van der Waals surface area contributed by atoms with Gasteiger partial charge in [0.25, 0.3) is 5.91 Å². The molecule has 2 aromatic rings. The van der Waals surface area contributed by atoms with Crippen LogP contribution in [0.4, 0.5) is 0 Å². The highest BCUT2D eigenvalue weighted by molar-refractivity contribution is 8.01. The lowest BCUT2D eigenvalue weighted by Crippen LogP contribution is -2.28. The third-order valence-corrected chi connectivity index (χ3v) is 5.63. The highest BCUT2D eigenvalue weighted by Crippen LogP contribution is 2.24. The van der Waals surface area contributed by atoms with Gasteiger partial charge < -0.3 is 5.32 Å². The molecule has 1 aliphatic carbocycles. The minimum absolute atomic E-state index is 0.0211. The van der Waals surface area contributed by atoms with E-state index in [0.29, 0.717) is 6.54 Å². The van der Waals surface area contributed by atoms with Gasteiger partial charge in [0.1, 0.15) is 10.7 Å². The van der Waals surface area contributed by atoms with Crippen molar-refractivity contribution in [3.63, 3.8) is 0 Å². The number of carbonyl (C=O) groups is 1. The van der Waals surface area contributed by atoms with E-state index in [1.165, 1.54) is 6.42 Å². The van der Waals surface area contributed by atoms with Crippen LogP contribution in [0.15, 0.2) is 4.34 Å². The number of carbonyl (C=O) groups excluding carboxylic acids is 1. The lowest BCUT2D eigenvalue weighted by molar-refractivity contribution is 0.0945. The second-order valence-electron chi connectivity index (χ2n) is 5.30. The Balaban J connectivity index is 1.55. The summed E-state index contributed by atoms with van der Waals surface area (Å²) in [4.78, 5) is 12.4. The van der Waals surface area contributed by atoms with Gasteiger partial charge in [-0.1, -0.05) is 23.1 Å². The molecule has 0 unspecified atom stereocenters. The molecule has 3 rings (SSSR count). The van der Waals surface area contributed by atoms with Gasteiger partial charge in [-0.15, -0.1) is 10.2 Å². The molecule has 0 radical (unpaired) electrons. The van der Waals surface area contributed by atoms with Crippen LogP contribution < -0.4 is 5.32 Å². The molecular weight excluding hydrogens is 318 g/mol. The number of fused-ring (bicyclic) bond motifs is 1. The predicted octanol–water partition coefficient (Wildman–Crippen LogP) is 1.98. The first-order valence-corrected chi connectivity index (χ1v) is 9.21. The molecule has 1 aliphatic rings. The Hall–Kier alpha value is -1.41. The highest BCUT2D eigenvalue weighted by atomic mass is 32.2. The van der Waals surface area contributed by atoms with E-state index in [0.717, 1.165) is 51.3 Å².